The van der Waals surface area contributed by atoms with Crippen molar-refractivity contribution in [2.24, 2.45) is 0 Å². The molecular weight excluding hydrogens is 368 g/mol. The van der Waals surface area contributed by atoms with E-state index in [1.807, 2.05) is 0 Å². The smallest absolute Gasteiger partial charge is 0.122 e. The Morgan fingerprint density at radius 1 is 1.11 bits per heavy atom. The van der Waals surface area contributed by atoms with E-state index in [0.29, 0.717) is 4.83 Å². The van der Waals surface area contributed by atoms with Gasteiger partial charge in [0.25, 0.3) is 0 Å². The third-order valence-corrected chi connectivity index (χ3v) is 4.50. The van der Waals surface area contributed by atoms with Crippen molar-refractivity contribution in [2.75, 3.05) is 7.11 Å². The van der Waals surface area contributed by atoms with Crippen LogP contribution >= 0.6 is 31.9 Å². The molecular formula is C16H16Br2O. The van der Waals surface area contributed by atoms with Crippen molar-refractivity contribution in [3.63, 3.8) is 0 Å². The topological polar surface area (TPSA) is 9.23 Å². The fraction of sp³-hybridized carbons (Fsp3) is 0.250. The number of halogens is 2. The summed E-state index contributed by atoms with van der Waals surface area (Å²) in [5.74, 6) is 0.942. The summed E-state index contributed by atoms with van der Waals surface area (Å²) < 4.78 is 6.49. The first-order valence-electron chi connectivity index (χ1n) is 6.13. The molecule has 2 aromatic carbocycles. The van der Waals surface area contributed by atoms with Crippen LogP contribution in [0.4, 0.5) is 0 Å². The van der Waals surface area contributed by atoms with Crippen LogP contribution in [0.2, 0.25) is 0 Å². The van der Waals surface area contributed by atoms with Gasteiger partial charge in [0.15, 0.2) is 0 Å². The van der Waals surface area contributed by atoms with Gasteiger partial charge in [0.2, 0.25) is 0 Å². The Balaban J connectivity index is 2.15. The summed E-state index contributed by atoms with van der Waals surface area (Å²) in [6.45, 7) is 2.06. The summed E-state index contributed by atoms with van der Waals surface area (Å²) >= 11 is 7.22. The van der Waals surface area contributed by atoms with Crippen LogP contribution in [0, 0.1) is 6.92 Å². The minimum atomic E-state index is 0.295. The maximum absolute atomic E-state index is 5.37. The molecule has 0 spiro atoms. The van der Waals surface area contributed by atoms with E-state index < -0.39 is 0 Å². The Kier molecular flexibility index (Phi) is 5.06. The molecule has 1 unspecified atom stereocenters. The second-order valence-electron chi connectivity index (χ2n) is 4.53. The molecule has 0 heterocycles. The number of methoxy groups -OCH3 is 1. The minimum absolute atomic E-state index is 0.295. The summed E-state index contributed by atoms with van der Waals surface area (Å²) in [4.78, 5) is 0.295. The molecule has 2 aromatic rings. The van der Waals surface area contributed by atoms with Crippen LogP contribution in [0.3, 0.4) is 0 Å². The normalized spacial score (nSPS) is 12.2. The number of hydrogen-bond acceptors (Lipinski definition) is 1. The van der Waals surface area contributed by atoms with Gasteiger partial charge in [-0.2, -0.15) is 0 Å². The molecule has 3 heteroatoms. The molecule has 0 N–H and O–H groups in total. The number of hydrogen-bond donors (Lipinski definition) is 0. The van der Waals surface area contributed by atoms with E-state index in [4.69, 9.17) is 4.74 Å². The first kappa shape index (κ1) is 14.6. The van der Waals surface area contributed by atoms with Crippen molar-refractivity contribution in [3.8, 4) is 5.75 Å². The first-order chi connectivity index (χ1) is 9.10. The van der Waals surface area contributed by atoms with Crippen LogP contribution in [0.1, 0.15) is 21.5 Å². The van der Waals surface area contributed by atoms with Gasteiger partial charge < -0.3 is 4.74 Å². The Hall–Kier alpha value is -0.800. The average molecular weight is 384 g/mol. The van der Waals surface area contributed by atoms with Crippen LogP contribution in [0.15, 0.2) is 46.9 Å². The van der Waals surface area contributed by atoms with Crippen LogP contribution < -0.4 is 4.74 Å². The van der Waals surface area contributed by atoms with Gasteiger partial charge in [0, 0.05) is 9.30 Å². The molecule has 100 valence electrons. The highest BCUT2D eigenvalue weighted by atomic mass is 79.9. The van der Waals surface area contributed by atoms with E-state index in [1.54, 1.807) is 7.11 Å². The predicted octanol–water partition coefficient (Wildman–Crippen LogP) is 5.44. The Bertz CT molecular complexity index is 549. The maximum atomic E-state index is 5.37. The second-order valence-corrected chi connectivity index (χ2v) is 6.55. The lowest BCUT2D eigenvalue weighted by Gasteiger charge is -2.13. The summed E-state index contributed by atoms with van der Waals surface area (Å²) in [5, 5.41) is 0. The molecule has 0 fully saturated rings. The summed E-state index contributed by atoms with van der Waals surface area (Å²) in [5.41, 5.74) is 3.71. The van der Waals surface area contributed by atoms with Gasteiger partial charge in [-0.05, 0) is 48.2 Å². The maximum Gasteiger partial charge on any atom is 0.122 e. The van der Waals surface area contributed by atoms with Crippen molar-refractivity contribution in [2.45, 2.75) is 18.2 Å². The van der Waals surface area contributed by atoms with Crippen molar-refractivity contribution >= 4 is 31.9 Å². The zero-order chi connectivity index (χ0) is 13.8. The van der Waals surface area contributed by atoms with E-state index >= 15 is 0 Å². The van der Waals surface area contributed by atoms with Gasteiger partial charge in [0.05, 0.1) is 7.11 Å². The lowest BCUT2D eigenvalue weighted by Crippen LogP contribution is -1.97. The first-order valence-corrected chi connectivity index (χ1v) is 7.84. The Labute approximate surface area is 131 Å². The molecule has 1 atom stereocenters. The number of alkyl halides is 1. The SMILES string of the molecule is COc1cc(C(Br)Cc2ccc(Br)cc2)ccc1C. The van der Waals surface area contributed by atoms with Gasteiger partial charge in [-0.25, -0.2) is 0 Å². The van der Waals surface area contributed by atoms with E-state index in [2.05, 4.69) is 81.2 Å². The van der Waals surface area contributed by atoms with Crippen molar-refractivity contribution in [3.05, 3.63) is 63.6 Å². The van der Waals surface area contributed by atoms with Crippen LogP contribution in [0.5, 0.6) is 5.75 Å². The highest BCUT2D eigenvalue weighted by Crippen LogP contribution is 2.31. The lowest BCUT2D eigenvalue weighted by molar-refractivity contribution is 0.411. The van der Waals surface area contributed by atoms with E-state index in [9.17, 15) is 0 Å². The lowest BCUT2D eigenvalue weighted by atomic mass is 10.0. The molecule has 0 aliphatic heterocycles. The number of aryl methyl sites for hydroxylation is 1. The van der Waals surface area contributed by atoms with Gasteiger partial charge in [0.1, 0.15) is 5.75 Å². The van der Waals surface area contributed by atoms with Crippen molar-refractivity contribution in [1.82, 2.24) is 0 Å². The highest BCUT2D eigenvalue weighted by Gasteiger charge is 2.10. The zero-order valence-electron chi connectivity index (χ0n) is 11.0. The third kappa shape index (κ3) is 3.83. The largest absolute Gasteiger partial charge is 0.496 e. The fourth-order valence-electron chi connectivity index (χ4n) is 1.98. The number of ether oxygens (including phenoxy) is 1. The van der Waals surface area contributed by atoms with Crippen molar-refractivity contribution < 1.29 is 4.74 Å². The van der Waals surface area contributed by atoms with Crippen LogP contribution in [-0.4, -0.2) is 7.11 Å². The number of rotatable bonds is 4. The molecule has 0 aromatic heterocycles. The van der Waals surface area contributed by atoms with E-state index in [1.165, 1.54) is 11.1 Å². The summed E-state index contributed by atoms with van der Waals surface area (Å²) in [7, 11) is 1.71. The van der Waals surface area contributed by atoms with Gasteiger partial charge in [-0.15, -0.1) is 0 Å². The molecule has 0 saturated carbocycles. The van der Waals surface area contributed by atoms with Gasteiger partial charge >= 0.3 is 0 Å². The summed E-state index contributed by atoms with van der Waals surface area (Å²) in [6, 6.07) is 14.8. The molecule has 0 aliphatic carbocycles. The molecule has 2 rings (SSSR count). The van der Waals surface area contributed by atoms with Gasteiger partial charge in [-0.1, -0.05) is 56.1 Å². The fourth-order valence-corrected chi connectivity index (χ4v) is 2.90. The molecule has 0 aliphatic rings. The van der Waals surface area contributed by atoms with Crippen LogP contribution in [-0.2, 0) is 6.42 Å². The molecule has 1 nitrogen and oxygen atoms in total. The zero-order valence-corrected chi connectivity index (χ0v) is 14.2. The van der Waals surface area contributed by atoms with E-state index in [-0.39, 0.29) is 0 Å². The highest BCUT2D eigenvalue weighted by molar-refractivity contribution is 9.10. The van der Waals surface area contributed by atoms with Gasteiger partial charge in [-0.3, -0.25) is 0 Å². The van der Waals surface area contributed by atoms with Crippen molar-refractivity contribution in [1.29, 1.82) is 0 Å². The predicted molar refractivity (Wildman–Crippen MR) is 87.2 cm³/mol. The van der Waals surface area contributed by atoms with Crippen LogP contribution in [0.25, 0.3) is 0 Å². The monoisotopic (exact) mass is 382 g/mol. The molecule has 0 saturated heterocycles. The Morgan fingerprint density at radius 2 is 1.79 bits per heavy atom. The standard InChI is InChI=1S/C16H16Br2O/c1-11-3-6-13(10-16(11)19-2)15(18)9-12-4-7-14(17)8-5-12/h3-8,10,15H,9H2,1-2H3. The Morgan fingerprint density at radius 3 is 2.42 bits per heavy atom. The molecule has 0 bridgehead atoms. The average Bonchev–Trinajstić information content (AvgIpc) is 2.42. The molecule has 0 amide bonds. The summed E-state index contributed by atoms with van der Waals surface area (Å²) in [6.07, 6.45) is 0.958. The molecule has 0 radical (unpaired) electrons. The minimum Gasteiger partial charge on any atom is -0.496 e. The quantitative estimate of drug-likeness (QED) is 0.638. The second kappa shape index (κ2) is 6.58. The molecule has 19 heavy (non-hydrogen) atoms. The van der Waals surface area contributed by atoms with E-state index in [0.717, 1.165) is 22.2 Å². The number of benzene rings is 2. The third-order valence-electron chi connectivity index (χ3n) is 3.12.